The summed E-state index contributed by atoms with van der Waals surface area (Å²) in [4.78, 5) is 35.8. The van der Waals surface area contributed by atoms with Crippen molar-refractivity contribution in [3.05, 3.63) is 69.0 Å². The van der Waals surface area contributed by atoms with Crippen LogP contribution >= 0.6 is 35.7 Å². The zero-order valence-corrected chi connectivity index (χ0v) is 21.0. The van der Waals surface area contributed by atoms with Gasteiger partial charge in [0.05, 0.1) is 17.0 Å². The third-order valence-corrected chi connectivity index (χ3v) is 8.31. The van der Waals surface area contributed by atoms with Gasteiger partial charge in [-0.3, -0.25) is 18.9 Å². The highest BCUT2D eigenvalue weighted by Gasteiger charge is 2.33. The number of amides is 1. The van der Waals surface area contributed by atoms with Gasteiger partial charge in [0.25, 0.3) is 11.5 Å². The molecule has 1 aromatic carbocycles. The maximum atomic E-state index is 13.5. The van der Waals surface area contributed by atoms with Crippen molar-refractivity contribution in [3.63, 3.8) is 0 Å². The summed E-state index contributed by atoms with van der Waals surface area (Å²) in [6, 6.07) is 11.0. The minimum atomic E-state index is -0.227. The van der Waals surface area contributed by atoms with Crippen LogP contribution < -0.4 is 19.9 Å². The molecule has 11 heteroatoms. The van der Waals surface area contributed by atoms with Crippen LogP contribution in [0.3, 0.4) is 0 Å². The van der Waals surface area contributed by atoms with Crippen molar-refractivity contribution in [1.82, 2.24) is 14.3 Å². The molecule has 0 radical (unpaired) electrons. The van der Waals surface area contributed by atoms with Crippen LogP contribution in [0.2, 0.25) is 0 Å². The molecule has 0 saturated carbocycles. The molecule has 3 aliphatic rings. The molecule has 2 aromatic heterocycles. The molecule has 0 unspecified atom stereocenters. The van der Waals surface area contributed by atoms with Crippen molar-refractivity contribution < 1.29 is 14.3 Å². The number of thiocarbonyl (C=S) groups is 1. The lowest BCUT2D eigenvalue weighted by Crippen LogP contribution is -2.35. The quantitative estimate of drug-likeness (QED) is 0.377. The zero-order valence-electron chi connectivity index (χ0n) is 18.5. The summed E-state index contributed by atoms with van der Waals surface area (Å²) in [6.07, 6.45) is 3.35. The third-order valence-electron chi connectivity index (χ3n) is 5.99. The topological polar surface area (TPSA) is 76.4 Å². The van der Waals surface area contributed by atoms with E-state index in [-0.39, 0.29) is 18.3 Å². The van der Waals surface area contributed by atoms with E-state index in [2.05, 4.69) is 4.90 Å². The summed E-state index contributed by atoms with van der Waals surface area (Å²) >= 11 is 8.62. The molecule has 3 aromatic rings. The van der Waals surface area contributed by atoms with E-state index in [1.807, 2.05) is 42.1 Å². The van der Waals surface area contributed by atoms with Crippen molar-refractivity contribution in [2.45, 2.75) is 6.54 Å². The Hall–Kier alpha value is -3.02. The number of fused-ring (bicyclic) bond motifs is 2. The van der Waals surface area contributed by atoms with Gasteiger partial charge in [0.15, 0.2) is 11.5 Å². The maximum absolute atomic E-state index is 13.5. The van der Waals surface area contributed by atoms with E-state index in [1.54, 1.807) is 23.2 Å². The van der Waals surface area contributed by atoms with Crippen LogP contribution in [0.4, 0.5) is 5.82 Å². The molecule has 0 bridgehead atoms. The molecule has 2 fully saturated rings. The number of hydrogen-bond donors (Lipinski definition) is 0. The lowest BCUT2D eigenvalue weighted by molar-refractivity contribution is -0.122. The molecule has 0 aliphatic carbocycles. The molecule has 0 atom stereocenters. The molecule has 8 nitrogen and oxygen atoms in total. The van der Waals surface area contributed by atoms with E-state index < -0.39 is 0 Å². The van der Waals surface area contributed by atoms with Gasteiger partial charge in [-0.2, -0.15) is 11.8 Å². The first-order valence-electron chi connectivity index (χ1n) is 11.1. The number of pyridine rings is 1. The molecule has 1 amide bonds. The number of carbonyl (C=O) groups excluding carboxylic acids is 1. The highest BCUT2D eigenvalue weighted by molar-refractivity contribution is 8.26. The van der Waals surface area contributed by atoms with Crippen molar-refractivity contribution >= 4 is 63.5 Å². The molecule has 6 rings (SSSR count). The van der Waals surface area contributed by atoms with Gasteiger partial charge in [0, 0.05) is 30.8 Å². The lowest BCUT2D eigenvalue weighted by atomic mass is 10.2. The fourth-order valence-corrected chi connectivity index (χ4v) is 6.36. The number of benzene rings is 1. The van der Waals surface area contributed by atoms with Gasteiger partial charge in [-0.05, 0) is 35.9 Å². The number of ether oxygens (including phenoxy) is 2. The lowest BCUT2D eigenvalue weighted by Gasteiger charge is -2.28. The van der Waals surface area contributed by atoms with Gasteiger partial charge in [-0.25, -0.2) is 4.98 Å². The van der Waals surface area contributed by atoms with Crippen LogP contribution in [0.5, 0.6) is 11.5 Å². The van der Waals surface area contributed by atoms with Crippen LogP contribution in [0.25, 0.3) is 11.7 Å². The SMILES string of the molecule is O=C1C(=Cc2c(N3CCSCC3)nc3ccccn3c2=O)SC(=S)N1Cc1ccc2c(c1)OCO2. The monoisotopic (exact) mass is 524 g/mol. The standard InChI is InChI=1S/C24H20N4O4S3/c29-22-16(21(26-7-9-34-10-8-26)25-20-3-1-2-6-27(20)22)12-19-23(30)28(24(33)35-19)13-15-4-5-17-18(11-15)32-14-31-17/h1-6,11-12H,7-10,13-14H2. The first-order valence-corrected chi connectivity index (χ1v) is 13.4. The predicted octanol–water partition coefficient (Wildman–Crippen LogP) is 3.38. The Balaban J connectivity index is 1.36. The van der Waals surface area contributed by atoms with E-state index in [9.17, 15) is 9.59 Å². The van der Waals surface area contributed by atoms with Gasteiger partial charge in [-0.1, -0.05) is 36.1 Å². The highest BCUT2D eigenvalue weighted by atomic mass is 32.2. The second-order valence-electron chi connectivity index (χ2n) is 8.14. The number of hydrogen-bond acceptors (Lipinski definition) is 9. The number of nitrogens with zero attached hydrogens (tertiary/aromatic N) is 4. The number of anilines is 1. The fourth-order valence-electron chi connectivity index (χ4n) is 4.22. The van der Waals surface area contributed by atoms with E-state index in [1.165, 1.54) is 16.2 Å². The summed E-state index contributed by atoms with van der Waals surface area (Å²) in [7, 11) is 0. The summed E-state index contributed by atoms with van der Waals surface area (Å²) in [5.41, 5.74) is 1.66. The van der Waals surface area contributed by atoms with E-state index in [4.69, 9.17) is 26.7 Å². The third kappa shape index (κ3) is 4.17. The summed E-state index contributed by atoms with van der Waals surface area (Å²) < 4.78 is 12.8. The molecule has 35 heavy (non-hydrogen) atoms. The number of thioether (sulfide) groups is 2. The Kier molecular flexibility index (Phi) is 5.91. The molecule has 2 saturated heterocycles. The molecule has 0 spiro atoms. The van der Waals surface area contributed by atoms with E-state index in [0.717, 1.165) is 30.2 Å². The first-order chi connectivity index (χ1) is 17.1. The van der Waals surface area contributed by atoms with Gasteiger partial charge in [0.2, 0.25) is 6.79 Å². The number of carbonyl (C=O) groups is 1. The van der Waals surface area contributed by atoms with Crippen molar-refractivity contribution in [3.8, 4) is 11.5 Å². The molecular formula is C24H20N4O4S3. The molecular weight excluding hydrogens is 504 g/mol. The van der Waals surface area contributed by atoms with Gasteiger partial charge in [0.1, 0.15) is 15.8 Å². The Labute approximate surface area is 214 Å². The highest BCUT2D eigenvalue weighted by Crippen LogP contribution is 2.37. The average molecular weight is 525 g/mol. The average Bonchev–Trinajstić information content (AvgIpc) is 3.45. The molecule has 5 heterocycles. The van der Waals surface area contributed by atoms with Gasteiger partial charge < -0.3 is 14.4 Å². The normalized spacial score (nSPS) is 18.8. The van der Waals surface area contributed by atoms with Crippen LogP contribution in [0.1, 0.15) is 11.1 Å². The van der Waals surface area contributed by atoms with Crippen molar-refractivity contribution in [2.75, 3.05) is 36.3 Å². The van der Waals surface area contributed by atoms with Crippen molar-refractivity contribution in [2.24, 2.45) is 0 Å². The van der Waals surface area contributed by atoms with Gasteiger partial charge >= 0.3 is 0 Å². The second kappa shape index (κ2) is 9.21. The number of aromatic nitrogens is 2. The summed E-state index contributed by atoms with van der Waals surface area (Å²) in [5, 5.41) is 0. The van der Waals surface area contributed by atoms with Crippen LogP contribution in [0.15, 0.2) is 52.3 Å². The Morgan fingerprint density at radius 3 is 2.77 bits per heavy atom. The van der Waals surface area contributed by atoms with Crippen LogP contribution in [-0.4, -0.2) is 55.9 Å². The Bertz CT molecular complexity index is 1450. The minimum Gasteiger partial charge on any atom is -0.454 e. The molecule has 3 aliphatic heterocycles. The second-order valence-corrected chi connectivity index (χ2v) is 11.0. The summed E-state index contributed by atoms with van der Waals surface area (Å²) in [5.74, 6) is 3.66. The van der Waals surface area contributed by atoms with Crippen LogP contribution in [0, 0.1) is 0 Å². The van der Waals surface area contributed by atoms with Crippen molar-refractivity contribution in [1.29, 1.82) is 0 Å². The zero-order chi connectivity index (χ0) is 23.9. The number of rotatable bonds is 4. The maximum Gasteiger partial charge on any atom is 0.267 e. The molecule has 178 valence electrons. The smallest absolute Gasteiger partial charge is 0.267 e. The summed E-state index contributed by atoms with van der Waals surface area (Å²) in [6.45, 7) is 2.10. The Morgan fingerprint density at radius 1 is 1.09 bits per heavy atom. The van der Waals surface area contributed by atoms with Crippen LogP contribution in [-0.2, 0) is 11.3 Å². The van der Waals surface area contributed by atoms with E-state index in [0.29, 0.717) is 44.3 Å². The minimum absolute atomic E-state index is 0.190. The predicted molar refractivity (Wildman–Crippen MR) is 142 cm³/mol. The Morgan fingerprint density at radius 2 is 1.91 bits per heavy atom. The largest absolute Gasteiger partial charge is 0.454 e. The first kappa shape index (κ1) is 22.4. The van der Waals surface area contributed by atoms with E-state index >= 15 is 0 Å². The fraction of sp³-hybridized carbons (Fsp3) is 0.250. The molecule has 0 N–H and O–H groups in total. The van der Waals surface area contributed by atoms with Gasteiger partial charge in [-0.15, -0.1) is 0 Å².